The highest BCUT2D eigenvalue weighted by Gasteiger charge is 2.37. The molecule has 0 aromatic heterocycles. The van der Waals surface area contributed by atoms with Crippen LogP contribution in [0.1, 0.15) is 46.5 Å². The second-order valence-electron chi connectivity index (χ2n) is 6.36. The number of nitrogens with two attached hydrogens (primary N) is 1. The SMILES string of the molecule is CC1CC(C(NN)C2CCC(C)C(C)C2)CO1. The highest BCUT2D eigenvalue weighted by molar-refractivity contribution is 4.89. The van der Waals surface area contributed by atoms with Gasteiger partial charge in [0.25, 0.3) is 0 Å². The molecule has 2 aliphatic rings. The van der Waals surface area contributed by atoms with E-state index in [9.17, 15) is 0 Å². The van der Waals surface area contributed by atoms with Crippen LogP contribution in [0.25, 0.3) is 0 Å². The van der Waals surface area contributed by atoms with E-state index in [1.165, 1.54) is 19.3 Å². The lowest BCUT2D eigenvalue weighted by molar-refractivity contribution is 0.102. The van der Waals surface area contributed by atoms with E-state index in [-0.39, 0.29) is 0 Å². The summed E-state index contributed by atoms with van der Waals surface area (Å²) in [4.78, 5) is 0. The number of hydrogen-bond donors (Lipinski definition) is 2. The Hall–Kier alpha value is -0.120. The summed E-state index contributed by atoms with van der Waals surface area (Å²) in [7, 11) is 0. The molecule has 0 amide bonds. The summed E-state index contributed by atoms with van der Waals surface area (Å²) in [6.07, 6.45) is 5.57. The van der Waals surface area contributed by atoms with Crippen molar-refractivity contribution < 1.29 is 4.74 Å². The van der Waals surface area contributed by atoms with Gasteiger partial charge < -0.3 is 4.74 Å². The zero-order valence-corrected chi connectivity index (χ0v) is 11.5. The molecule has 1 aliphatic carbocycles. The van der Waals surface area contributed by atoms with Crippen molar-refractivity contribution in [1.29, 1.82) is 0 Å². The number of hydrogen-bond acceptors (Lipinski definition) is 3. The third-order valence-corrected chi connectivity index (χ3v) is 5.08. The van der Waals surface area contributed by atoms with Crippen molar-refractivity contribution in [3.05, 3.63) is 0 Å². The van der Waals surface area contributed by atoms with Crippen molar-refractivity contribution in [1.82, 2.24) is 5.43 Å². The van der Waals surface area contributed by atoms with Crippen LogP contribution in [0, 0.1) is 23.7 Å². The smallest absolute Gasteiger partial charge is 0.0551 e. The standard InChI is InChI=1S/C14H28N2O/c1-9-4-5-12(6-10(9)2)14(16-15)13-7-11(3)17-8-13/h9-14,16H,4-8,15H2,1-3H3. The Kier molecular flexibility index (Phi) is 4.45. The summed E-state index contributed by atoms with van der Waals surface area (Å²) in [5.41, 5.74) is 3.09. The minimum atomic E-state index is 0.413. The molecule has 6 atom stereocenters. The van der Waals surface area contributed by atoms with Crippen LogP contribution >= 0.6 is 0 Å². The van der Waals surface area contributed by atoms with Crippen LogP contribution in [0.15, 0.2) is 0 Å². The predicted octanol–water partition coefficient (Wildman–Crippen LogP) is 2.32. The van der Waals surface area contributed by atoms with Crippen LogP contribution in [-0.4, -0.2) is 18.8 Å². The molecule has 0 radical (unpaired) electrons. The first-order valence-electron chi connectivity index (χ1n) is 7.19. The van der Waals surface area contributed by atoms with Crippen molar-refractivity contribution in [2.24, 2.45) is 29.5 Å². The molecule has 3 heteroatoms. The quantitative estimate of drug-likeness (QED) is 0.588. The molecule has 3 N–H and O–H groups in total. The minimum Gasteiger partial charge on any atom is -0.378 e. The predicted molar refractivity (Wildman–Crippen MR) is 70.3 cm³/mol. The van der Waals surface area contributed by atoms with Gasteiger partial charge in [0.1, 0.15) is 0 Å². The van der Waals surface area contributed by atoms with Crippen molar-refractivity contribution in [2.75, 3.05) is 6.61 Å². The van der Waals surface area contributed by atoms with E-state index >= 15 is 0 Å². The Morgan fingerprint density at radius 1 is 1.06 bits per heavy atom. The summed E-state index contributed by atoms with van der Waals surface area (Å²) in [6.45, 7) is 7.82. The zero-order valence-electron chi connectivity index (χ0n) is 11.5. The molecule has 0 spiro atoms. The Morgan fingerprint density at radius 2 is 1.82 bits per heavy atom. The number of nitrogens with one attached hydrogen (secondary N) is 1. The fourth-order valence-corrected chi connectivity index (χ4v) is 3.67. The molecular weight excluding hydrogens is 212 g/mol. The third kappa shape index (κ3) is 3.01. The Labute approximate surface area is 105 Å². The molecule has 1 aliphatic heterocycles. The van der Waals surface area contributed by atoms with E-state index in [2.05, 4.69) is 26.2 Å². The summed E-state index contributed by atoms with van der Waals surface area (Å²) in [5, 5.41) is 0. The topological polar surface area (TPSA) is 47.3 Å². The molecule has 6 unspecified atom stereocenters. The molecule has 0 aromatic carbocycles. The average molecular weight is 240 g/mol. The first-order valence-corrected chi connectivity index (χ1v) is 7.19. The van der Waals surface area contributed by atoms with E-state index in [0.717, 1.165) is 30.8 Å². The second kappa shape index (κ2) is 5.68. The van der Waals surface area contributed by atoms with Gasteiger partial charge in [0.2, 0.25) is 0 Å². The van der Waals surface area contributed by atoms with Crippen molar-refractivity contribution in [3.63, 3.8) is 0 Å². The maximum Gasteiger partial charge on any atom is 0.0551 e. The normalized spacial score (nSPS) is 44.8. The lowest BCUT2D eigenvalue weighted by Crippen LogP contribution is -2.48. The maximum absolute atomic E-state index is 5.80. The lowest BCUT2D eigenvalue weighted by Gasteiger charge is -2.38. The van der Waals surface area contributed by atoms with Gasteiger partial charge in [0.15, 0.2) is 0 Å². The maximum atomic E-state index is 5.80. The van der Waals surface area contributed by atoms with Crippen LogP contribution in [-0.2, 0) is 4.74 Å². The monoisotopic (exact) mass is 240 g/mol. The van der Waals surface area contributed by atoms with Gasteiger partial charge in [-0.05, 0) is 43.9 Å². The van der Waals surface area contributed by atoms with Gasteiger partial charge in [0, 0.05) is 12.0 Å². The first kappa shape index (κ1) is 13.3. The molecule has 17 heavy (non-hydrogen) atoms. The molecular formula is C14H28N2O. The van der Waals surface area contributed by atoms with Crippen LogP contribution in [0.3, 0.4) is 0 Å². The van der Waals surface area contributed by atoms with E-state index < -0.39 is 0 Å². The zero-order chi connectivity index (χ0) is 12.4. The fraction of sp³-hybridized carbons (Fsp3) is 1.00. The number of ether oxygens (including phenoxy) is 1. The molecule has 100 valence electrons. The van der Waals surface area contributed by atoms with Gasteiger partial charge in [-0.1, -0.05) is 20.3 Å². The van der Waals surface area contributed by atoms with Gasteiger partial charge in [-0.25, -0.2) is 0 Å². The second-order valence-corrected chi connectivity index (χ2v) is 6.36. The highest BCUT2D eigenvalue weighted by atomic mass is 16.5. The van der Waals surface area contributed by atoms with Crippen molar-refractivity contribution in [3.8, 4) is 0 Å². The fourth-order valence-electron chi connectivity index (χ4n) is 3.67. The van der Waals surface area contributed by atoms with Gasteiger partial charge in [0.05, 0.1) is 12.7 Å². The first-order chi connectivity index (χ1) is 8.11. The highest BCUT2D eigenvalue weighted by Crippen LogP contribution is 2.38. The molecule has 3 nitrogen and oxygen atoms in total. The van der Waals surface area contributed by atoms with E-state index in [4.69, 9.17) is 10.6 Å². The Morgan fingerprint density at radius 3 is 2.35 bits per heavy atom. The van der Waals surface area contributed by atoms with Crippen LogP contribution in [0.5, 0.6) is 0 Å². The van der Waals surface area contributed by atoms with E-state index in [1.807, 2.05) is 0 Å². The average Bonchev–Trinajstić information content (AvgIpc) is 2.71. The minimum absolute atomic E-state index is 0.413. The molecule has 1 saturated carbocycles. The lowest BCUT2D eigenvalue weighted by atomic mass is 9.71. The molecule has 2 fully saturated rings. The van der Waals surface area contributed by atoms with Crippen molar-refractivity contribution in [2.45, 2.75) is 58.6 Å². The molecule has 0 aromatic rings. The summed E-state index contributed by atoms with van der Waals surface area (Å²) < 4.78 is 5.69. The van der Waals surface area contributed by atoms with Crippen LogP contribution in [0.2, 0.25) is 0 Å². The summed E-state index contributed by atoms with van der Waals surface area (Å²) >= 11 is 0. The van der Waals surface area contributed by atoms with Crippen LogP contribution < -0.4 is 11.3 Å². The van der Waals surface area contributed by atoms with E-state index in [1.54, 1.807) is 0 Å². The van der Waals surface area contributed by atoms with Gasteiger partial charge >= 0.3 is 0 Å². The van der Waals surface area contributed by atoms with Gasteiger partial charge in [-0.2, -0.15) is 0 Å². The molecule has 2 rings (SSSR count). The molecule has 1 heterocycles. The summed E-state index contributed by atoms with van der Waals surface area (Å²) in [5.74, 6) is 8.87. The largest absolute Gasteiger partial charge is 0.378 e. The Balaban J connectivity index is 1.94. The van der Waals surface area contributed by atoms with Crippen molar-refractivity contribution >= 4 is 0 Å². The summed E-state index contributed by atoms with van der Waals surface area (Å²) in [6, 6.07) is 0.454. The van der Waals surface area contributed by atoms with E-state index in [0.29, 0.717) is 18.1 Å². The number of rotatable bonds is 3. The van der Waals surface area contributed by atoms with Gasteiger partial charge in [-0.3, -0.25) is 11.3 Å². The van der Waals surface area contributed by atoms with Crippen LogP contribution in [0.4, 0.5) is 0 Å². The van der Waals surface area contributed by atoms with Gasteiger partial charge in [-0.15, -0.1) is 0 Å². The molecule has 0 bridgehead atoms. The molecule has 1 saturated heterocycles. The third-order valence-electron chi connectivity index (χ3n) is 5.08. The number of hydrazine groups is 1. The Bertz CT molecular complexity index is 246.